The molecular weight excluding hydrogens is 178 g/mol. The van der Waals surface area contributed by atoms with E-state index < -0.39 is 0 Å². The molecule has 1 heterocycles. The molecule has 0 N–H and O–H groups in total. The second-order valence-electron chi connectivity index (χ2n) is 4.65. The van der Waals surface area contributed by atoms with Crippen molar-refractivity contribution in [3.05, 3.63) is 0 Å². The van der Waals surface area contributed by atoms with Crippen molar-refractivity contribution in [2.45, 2.75) is 51.4 Å². The fourth-order valence-corrected chi connectivity index (χ4v) is 2.62. The summed E-state index contributed by atoms with van der Waals surface area (Å²) >= 11 is 0. The van der Waals surface area contributed by atoms with Crippen LogP contribution in [0.1, 0.15) is 33.1 Å². The Labute approximate surface area is 85.4 Å². The summed E-state index contributed by atoms with van der Waals surface area (Å²) in [4.78, 5) is 13.6. The average molecular weight is 197 g/mol. The molecular formula is C11H19NO2. The van der Waals surface area contributed by atoms with Gasteiger partial charge in [0.1, 0.15) is 5.78 Å². The molecule has 0 amide bonds. The Hall–Kier alpha value is -0.410. The van der Waals surface area contributed by atoms with Gasteiger partial charge in [0.15, 0.2) is 0 Å². The Morgan fingerprint density at radius 1 is 1.29 bits per heavy atom. The van der Waals surface area contributed by atoms with Gasteiger partial charge in [0.05, 0.1) is 12.2 Å². The molecule has 0 aromatic heterocycles. The van der Waals surface area contributed by atoms with E-state index in [1.54, 1.807) is 0 Å². The third-order valence-corrected chi connectivity index (χ3v) is 3.18. The van der Waals surface area contributed by atoms with E-state index in [2.05, 4.69) is 18.7 Å². The first kappa shape index (κ1) is 10.1. The molecule has 0 aromatic carbocycles. The van der Waals surface area contributed by atoms with Crippen LogP contribution in [0.25, 0.3) is 0 Å². The lowest BCUT2D eigenvalue weighted by Crippen LogP contribution is -2.49. The summed E-state index contributed by atoms with van der Waals surface area (Å²) in [6.07, 6.45) is 3.23. The lowest BCUT2D eigenvalue weighted by molar-refractivity contribution is -0.118. The number of nitrogens with zero attached hydrogens (tertiary/aromatic N) is 1. The molecule has 3 unspecified atom stereocenters. The second-order valence-corrected chi connectivity index (χ2v) is 4.65. The molecule has 2 rings (SSSR count). The minimum atomic E-state index is 0.314. The van der Waals surface area contributed by atoms with Gasteiger partial charge >= 0.3 is 0 Å². The summed E-state index contributed by atoms with van der Waals surface area (Å²) in [6, 6.07) is 0.497. The van der Waals surface area contributed by atoms with Crippen LogP contribution in [-0.2, 0) is 9.53 Å². The lowest BCUT2D eigenvalue weighted by atomic mass is 10.1. The van der Waals surface area contributed by atoms with E-state index in [0.717, 1.165) is 32.4 Å². The quantitative estimate of drug-likeness (QED) is 0.633. The van der Waals surface area contributed by atoms with E-state index >= 15 is 0 Å². The first-order valence-electron chi connectivity index (χ1n) is 5.56. The van der Waals surface area contributed by atoms with Gasteiger partial charge in [0.2, 0.25) is 0 Å². The molecule has 2 aliphatic rings. The molecule has 1 saturated heterocycles. The summed E-state index contributed by atoms with van der Waals surface area (Å²) in [7, 11) is 0. The number of hydrogen-bond acceptors (Lipinski definition) is 3. The van der Waals surface area contributed by atoms with Gasteiger partial charge in [0.25, 0.3) is 0 Å². The zero-order valence-electron chi connectivity index (χ0n) is 9.03. The SMILES string of the molecule is CC1CN(C2CCC(=O)C2)CC(C)O1. The van der Waals surface area contributed by atoms with Gasteiger partial charge in [-0.05, 0) is 20.3 Å². The van der Waals surface area contributed by atoms with Crippen LogP contribution in [0.15, 0.2) is 0 Å². The molecule has 0 spiro atoms. The molecule has 1 aliphatic carbocycles. The number of carbonyl (C=O) groups excluding carboxylic acids is 1. The largest absolute Gasteiger partial charge is 0.373 e. The molecule has 1 saturated carbocycles. The maximum Gasteiger partial charge on any atom is 0.134 e. The molecule has 0 aromatic rings. The predicted molar refractivity (Wildman–Crippen MR) is 54.2 cm³/mol. The normalized spacial score (nSPS) is 40.4. The van der Waals surface area contributed by atoms with E-state index in [1.165, 1.54) is 0 Å². The van der Waals surface area contributed by atoms with Crippen LogP contribution in [0, 0.1) is 0 Å². The summed E-state index contributed by atoms with van der Waals surface area (Å²) in [5.74, 6) is 0.432. The first-order valence-corrected chi connectivity index (χ1v) is 5.56. The van der Waals surface area contributed by atoms with Gasteiger partial charge in [-0.2, -0.15) is 0 Å². The number of Topliss-reactive ketones (excluding diaryl/α,β-unsaturated/α-hetero) is 1. The van der Waals surface area contributed by atoms with Crippen LogP contribution >= 0.6 is 0 Å². The molecule has 80 valence electrons. The number of rotatable bonds is 1. The Kier molecular flexibility index (Phi) is 2.88. The first-order chi connectivity index (χ1) is 6.65. The van der Waals surface area contributed by atoms with Crippen molar-refractivity contribution in [3.8, 4) is 0 Å². The summed E-state index contributed by atoms with van der Waals surface area (Å²) in [6.45, 7) is 6.20. The van der Waals surface area contributed by atoms with Crippen LogP contribution in [0.2, 0.25) is 0 Å². The van der Waals surface area contributed by atoms with E-state index in [0.29, 0.717) is 24.0 Å². The second kappa shape index (κ2) is 3.99. The van der Waals surface area contributed by atoms with Crippen molar-refractivity contribution in [1.29, 1.82) is 0 Å². The molecule has 0 radical (unpaired) electrons. The molecule has 2 fully saturated rings. The van der Waals surface area contributed by atoms with Crippen molar-refractivity contribution in [3.63, 3.8) is 0 Å². The predicted octanol–water partition coefficient (Wildman–Crippen LogP) is 1.22. The van der Waals surface area contributed by atoms with Crippen molar-refractivity contribution in [2.75, 3.05) is 13.1 Å². The highest BCUT2D eigenvalue weighted by Crippen LogP contribution is 2.24. The number of ketones is 1. The highest BCUT2D eigenvalue weighted by molar-refractivity contribution is 5.81. The summed E-state index contributed by atoms with van der Waals surface area (Å²) in [5, 5.41) is 0. The summed E-state index contributed by atoms with van der Waals surface area (Å²) < 4.78 is 5.68. The average Bonchev–Trinajstić information content (AvgIpc) is 2.50. The number of hydrogen-bond donors (Lipinski definition) is 0. The number of ether oxygens (including phenoxy) is 1. The van der Waals surface area contributed by atoms with Crippen molar-refractivity contribution in [1.82, 2.24) is 4.90 Å². The van der Waals surface area contributed by atoms with Crippen LogP contribution < -0.4 is 0 Å². The van der Waals surface area contributed by atoms with E-state index in [-0.39, 0.29) is 0 Å². The van der Waals surface area contributed by atoms with Gasteiger partial charge < -0.3 is 4.74 Å². The fourth-order valence-electron chi connectivity index (χ4n) is 2.62. The van der Waals surface area contributed by atoms with Gasteiger partial charge in [-0.3, -0.25) is 9.69 Å². The molecule has 3 nitrogen and oxygen atoms in total. The highest BCUT2D eigenvalue weighted by Gasteiger charge is 2.32. The minimum Gasteiger partial charge on any atom is -0.373 e. The number of morpholine rings is 1. The maximum atomic E-state index is 11.2. The van der Waals surface area contributed by atoms with Crippen molar-refractivity contribution < 1.29 is 9.53 Å². The van der Waals surface area contributed by atoms with E-state index in [9.17, 15) is 4.79 Å². The fraction of sp³-hybridized carbons (Fsp3) is 0.909. The molecule has 0 bridgehead atoms. The van der Waals surface area contributed by atoms with Crippen LogP contribution in [-0.4, -0.2) is 42.0 Å². The Morgan fingerprint density at radius 2 is 1.93 bits per heavy atom. The third-order valence-electron chi connectivity index (χ3n) is 3.18. The van der Waals surface area contributed by atoms with E-state index in [1.807, 2.05) is 0 Å². The number of carbonyl (C=O) groups is 1. The van der Waals surface area contributed by atoms with E-state index in [4.69, 9.17) is 4.74 Å². The lowest BCUT2D eigenvalue weighted by Gasteiger charge is -2.38. The topological polar surface area (TPSA) is 29.5 Å². The monoisotopic (exact) mass is 197 g/mol. The van der Waals surface area contributed by atoms with Crippen molar-refractivity contribution in [2.24, 2.45) is 0 Å². The van der Waals surface area contributed by atoms with Gasteiger partial charge in [0, 0.05) is 32.0 Å². The third kappa shape index (κ3) is 2.15. The Balaban J connectivity index is 1.93. The molecule has 3 atom stereocenters. The Bertz CT molecular complexity index is 219. The molecule has 14 heavy (non-hydrogen) atoms. The van der Waals surface area contributed by atoms with Crippen LogP contribution in [0.3, 0.4) is 0 Å². The summed E-state index contributed by atoms with van der Waals surface area (Å²) in [5.41, 5.74) is 0. The van der Waals surface area contributed by atoms with Crippen molar-refractivity contribution >= 4 is 5.78 Å². The zero-order valence-corrected chi connectivity index (χ0v) is 9.03. The maximum absolute atomic E-state index is 11.2. The highest BCUT2D eigenvalue weighted by atomic mass is 16.5. The Morgan fingerprint density at radius 3 is 2.43 bits per heavy atom. The smallest absolute Gasteiger partial charge is 0.134 e. The van der Waals surface area contributed by atoms with Crippen LogP contribution in [0.5, 0.6) is 0 Å². The van der Waals surface area contributed by atoms with Gasteiger partial charge in [-0.15, -0.1) is 0 Å². The van der Waals surface area contributed by atoms with Gasteiger partial charge in [-0.25, -0.2) is 0 Å². The van der Waals surface area contributed by atoms with Gasteiger partial charge in [-0.1, -0.05) is 0 Å². The molecule has 1 aliphatic heterocycles. The molecule has 3 heteroatoms. The minimum absolute atomic E-state index is 0.314. The zero-order chi connectivity index (χ0) is 10.1. The van der Waals surface area contributed by atoms with Crippen LogP contribution in [0.4, 0.5) is 0 Å². The standard InChI is InChI=1S/C11H19NO2/c1-8-6-12(7-9(2)14-8)10-3-4-11(13)5-10/h8-10H,3-7H2,1-2H3.